The van der Waals surface area contributed by atoms with E-state index in [4.69, 9.17) is 4.74 Å². The Bertz CT molecular complexity index is 547. The Labute approximate surface area is 112 Å². The van der Waals surface area contributed by atoms with Gasteiger partial charge in [-0.05, 0) is 30.5 Å². The maximum Gasteiger partial charge on any atom is 0.157 e. The van der Waals surface area contributed by atoms with Gasteiger partial charge in [-0.25, -0.2) is 4.39 Å². The summed E-state index contributed by atoms with van der Waals surface area (Å²) in [6.07, 6.45) is 8.64. The third kappa shape index (κ3) is 2.95. The molecular formula is C15H17FN2O. The second-order valence-electron chi connectivity index (χ2n) is 5.01. The van der Waals surface area contributed by atoms with Crippen molar-refractivity contribution in [1.29, 1.82) is 0 Å². The fraction of sp³-hybridized carbons (Fsp3) is 0.400. The third-order valence-corrected chi connectivity index (χ3v) is 3.57. The summed E-state index contributed by atoms with van der Waals surface area (Å²) in [4.78, 5) is 0. The molecular weight excluding hydrogens is 243 g/mol. The molecule has 1 aliphatic carbocycles. The zero-order valence-electron chi connectivity index (χ0n) is 10.8. The highest BCUT2D eigenvalue weighted by atomic mass is 19.1. The summed E-state index contributed by atoms with van der Waals surface area (Å²) < 4.78 is 20.7. The van der Waals surface area contributed by atoms with Crippen molar-refractivity contribution < 1.29 is 9.13 Å². The third-order valence-electron chi connectivity index (χ3n) is 3.57. The largest absolute Gasteiger partial charge is 0.486 e. The molecule has 0 atom stereocenters. The quantitative estimate of drug-likeness (QED) is 0.837. The van der Waals surface area contributed by atoms with Crippen molar-refractivity contribution >= 4 is 0 Å². The van der Waals surface area contributed by atoms with Crippen LogP contribution in [0.4, 0.5) is 4.39 Å². The predicted molar refractivity (Wildman–Crippen MR) is 70.5 cm³/mol. The van der Waals surface area contributed by atoms with Gasteiger partial charge in [0.2, 0.25) is 0 Å². The van der Waals surface area contributed by atoms with Crippen LogP contribution in [0, 0.1) is 5.82 Å². The second-order valence-corrected chi connectivity index (χ2v) is 5.01. The van der Waals surface area contributed by atoms with Crippen LogP contribution in [0.5, 0.6) is 5.75 Å². The minimum atomic E-state index is -0.234. The van der Waals surface area contributed by atoms with E-state index >= 15 is 0 Å². The van der Waals surface area contributed by atoms with E-state index in [0.29, 0.717) is 12.6 Å². The molecule has 0 amide bonds. The lowest BCUT2D eigenvalue weighted by Crippen LogP contribution is -2.04. The van der Waals surface area contributed by atoms with Gasteiger partial charge in [0.15, 0.2) is 5.75 Å². The number of halogens is 1. The van der Waals surface area contributed by atoms with Crippen LogP contribution >= 0.6 is 0 Å². The summed E-state index contributed by atoms with van der Waals surface area (Å²) >= 11 is 0. The van der Waals surface area contributed by atoms with E-state index < -0.39 is 0 Å². The number of rotatable bonds is 4. The number of nitrogens with zero attached hydrogens (tertiary/aromatic N) is 2. The van der Waals surface area contributed by atoms with Crippen LogP contribution in [0.3, 0.4) is 0 Å². The monoisotopic (exact) mass is 260 g/mol. The molecule has 0 unspecified atom stereocenters. The number of aromatic nitrogens is 2. The van der Waals surface area contributed by atoms with Crippen molar-refractivity contribution in [1.82, 2.24) is 9.78 Å². The molecule has 1 saturated carbocycles. The summed E-state index contributed by atoms with van der Waals surface area (Å²) in [6, 6.07) is 6.98. The molecule has 0 N–H and O–H groups in total. The summed E-state index contributed by atoms with van der Waals surface area (Å²) in [5.41, 5.74) is 0.827. The van der Waals surface area contributed by atoms with Crippen LogP contribution in [0.25, 0.3) is 0 Å². The van der Waals surface area contributed by atoms with Gasteiger partial charge in [-0.2, -0.15) is 5.10 Å². The van der Waals surface area contributed by atoms with Gasteiger partial charge in [0, 0.05) is 0 Å². The molecule has 1 aromatic carbocycles. The molecule has 0 aliphatic heterocycles. The van der Waals surface area contributed by atoms with Gasteiger partial charge in [-0.15, -0.1) is 0 Å². The smallest absolute Gasteiger partial charge is 0.157 e. The average Bonchev–Trinajstić information content (AvgIpc) is 3.07. The number of ether oxygens (including phenoxy) is 1. The number of benzene rings is 1. The SMILES string of the molecule is Fc1cccc(COc2cnn(C3CCCC3)c2)c1. The van der Waals surface area contributed by atoms with E-state index in [1.165, 1.54) is 37.8 Å². The first-order valence-electron chi connectivity index (χ1n) is 6.73. The highest BCUT2D eigenvalue weighted by Crippen LogP contribution is 2.29. The van der Waals surface area contributed by atoms with Crippen LogP contribution in [-0.4, -0.2) is 9.78 Å². The molecule has 3 rings (SSSR count). The van der Waals surface area contributed by atoms with Crippen LogP contribution in [0.1, 0.15) is 37.3 Å². The molecule has 1 aliphatic rings. The van der Waals surface area contributed by atoms with Crippen molar-refractivity contribution in [2.45, 2.75) is 38.3 Å². The number of hydrogen-bond acceptors (Lipinski definition) is 2. The first kappa shape index (κ1) is 12.2. The van der Waals surface area contributed by atoms with Crippen molar-refractivity contribution in [2.75, 3.05) is 0 Å². The molecule has 4 heteroatoms. The molecule has 0 spiro atoms. The molecule has 19 heavy (non-hydrogen) atoms. The molecule has 1 fully saturated rings. The van der Waals surface area contributed by atoms with Gasteiger partial charge in [0.25, 0.3) is 0 Å². The zero-order chi connectivity index (χ0) is 13.1. The van der Waals surface area contributed by atoms with Gasteiger partial charge in [-0.3, -0.25) is 4.68 Å². The van der Waals surface area contributed by atoms with Crippen molar-refractivity contribution in [3.05, 3.63) is 48.0 Å². The molecule has 2 aromatic rings. The van der Waals surface area contributed by atoms with Crippen molar-refractivity contribution in [3.63, 3.8) is 0 Å². The summed E-state index contributed by atoms with van der Waals surface area (Å²) in [5, 5.41) is 4.35. The van der Waals surface area contributed by atoms with Crippen molar-refractivity contribution in [2.24, 2.45) is 0 Å². The maximum atomic E-state index is 13.0. The van der Waals surface area contributed by atoms with Crippen molar-refractivity contribution in [3.8, 4) is 5.75 Å². The molecule has 0 radical (unpaired) electrons. The predicted octanol–water partition coefficient (Wildman–Crippen LogP) is 3.72. The maximum absolute atomic E-state index is 13.0. The Kier molecular flexibility index (Phi) is 3.49. The first-order valence-corrected chi connectivity index (χ1v) is 6.73. The minimum Gasteiger partial charge on any atom is -0.486 e. The van der Waals surface area contributed by atoms with E-state index in [9.17, 15) is 4.39 Å². The first-order chi connectivity index (χ1) is 9.31. The van der Waals surface area contributed by atoms with Gasteiger partial charge >= 0.3 is 0 Å². The normalized spacial score (nSPS) is 15.8. The van der Waals surface area contributed by atoms with Crippen LogP contribution in [0.2, 0.25) is 0 Å². The summed E-state index contributed by atoms with van der Waals surface area (Å²) in [5.74, 6) is 0.513. The Morgan fingerprint density at radius 3 is 2.95 bits per heavy atom. The lowest BCUT2D eigenvalue weighted by atomic mass is 10.2. The molecule has 0 bridgehead atoms. The van der Waals surface area contributed by atoms with Crippen LogP contribution in [0.15, 0.2) is 36.7 Å². The fourth-order valence-corrected chi connectivity index (χ4v) is 2.56. The fourth-order valence-electron chi connectivity index (χ4n) is 2.56. The van der Waals surface area contributed by atoms with E-state index in [1.807, 2.05) is 16.9 Å². The minimum absolute atomic E-state index is 0.234. The van der Waals surface area contributed by atoms with E-state index in [1.54, 1.807) is 12.3 Å². The molecule has 0 saturated heterocycles. The summed E-state index contributed by atoms with van der Waals surface area (Å²) in [6.45, 7) is 0.369. The number of hydrogen-bond donors (Lipinski definition) is 0. The lowest BCUT2D eigenvalue weighted by molar-refractivity contribution is 0.304. The zero-order valence-corrected chi connectivity index (χ0v) is 10.8. The average molecular weight is 260 g/mol. The standard InChI is InChI=1S/C15H17FN2O/c16-13-5-3-4-12(8-13)11-19-15-9-17-18(10-15)14-6-1-2-7-14/h3-5,8-10,14H,1-2,6-7,11H2. The van der Waals surface area contributed by atoms with E-state index in [0.717, 1.165) is 11.3 Å². The Hall–Kier alpha value is -1.84. The summed E-state index contributed by atoms with van der Waals surface area (Å²) in [7, 11) is 0. The molecule has 100 valence electrons. The highest BCUT2D eigenvalue weighted by molar-refractivity contribution is 5.18. The highest BCUT2D eigenvalue weighted by Gasteiger charge is 2.17. The molecule has 1 heterocycles. The molecule has 1 aromatic heterocycles. The van der Waals surface area contributed by atoms with Gasteiger partial charge in [0.1, 0.15) is 12.4 Å². The van der Waals surface area contributed by atoms with E-state index in [2.05, 4.69) is 5.10 Å². The van der Waals surface area contributed by atoms with Gasteiger partial charge in [-0.1, -0.05) is 25.0 Å². The van der Waals surface area contributed by atoms with E-state index in [-0.39, 0.29) is 5.82 Å². The second kappa shape index (κ2) is 5.43. The van der Waals surface area contributed by atoms with Gasteiger partial charge < -0.3 is 4.74 Å². The Morgan fingerprint density at radius 2 is 2.16 bits per heavy atom. The van der Waals surface area contributed by atoms with Crippen LogP contribution in [-0.2, 0) is 6.61 Å². The van der Waals surface area contributed by atoms with Gasteiger partial charge in [0.05, 0.1) is 18.4 Å². The molecule has 3 nitrogen and oxygen atoms in total. The Morgan fingerprint density at radius 1 is 1.32 bits per heavy atom. The topological polar surface area (TPSA) is 27.1 Å². The Balaban J connectivity index is 1.61. The lowest BCUT2D eigenvalue weighted by Gasteiger charge is -2.08. The van der Waals surface area contributed by atoms with Crippen LogP contribution < -0.4 is 4.74 Å².